The van der Waals surface area contributed by atoms with Crippen molar-refractivity contribution in [3.63, 3.8) is 0 Å². The molecule has 0 radical (unpaired) electrons. The molecule has 0 amide bonds. The fourth-order valence-electron chi connectivity index (χ4n) is 2.00. The van der Waals surface area contributed by atoms with E-state index in [0.717, 1.165) is 11.3 Å². The maximum absolute atomic E-state index is 11.1. The number of halogens is 1. The average molecular weight is 458 g/mol. The Hall–Kier alpha value is -2.10. The lowest BCUT2D eigenvalue weighted by Gasteiger charge is -2.09. The van der Waals surface area contributed by atoms with Crippen molar-refractivity contribution >= 4 is 35.9 Å². The molecule has 1 aromatic heterocycles. The van der Waals surface area contributed by atoms with Gasteiger partial charge in [-0.3, -0.25) is 9.79 Å². The summed E-state index contributed by atoms with van der Waals surface area (Å²) in [6.07, 6.45) is 1.89. The van der Waals surface area contributed by atoms with Gasteiger partial charge in [0.2, 0.25) is 5.89 Å². The number of guanidine groups is 1. The minimum absolute atomic E-state index is 0. The third kappa shape index (κ3) is 6.73. The number of aliphatic imine (C=N–C) groups is 1. The molecule has 0 aliphatic carbocycles. The number of carbonyl (C=O) groups excluding carboxylic acids is 1. The smallest absolute Gasteiger partial charge is 0.307 e. The SMILES string of the molecule is CN=C(NCCC(=O)OC)NCc1coc(-c2ccc(C)cc2)n1.I. The number of ether oxygens (including phenoxy) is 1. The number of aryl methyl sites for hydroxylation is 1. The average Bonchev–Trinajstić information content (AvgIpc) is 3.07. The Morgan fingerprint density at radius 2 is 2.00 bits per heavy atom. The Balaban J connectivity index is 0.00000312. The first kappa shape index (κ1) is 20.9. The van der Waals surface area contributed by atoms with Crippen LogP contribution >= 0.6 is 24.0 Å². The number of hydrogen-bond donors (Lipinski definition) is 2. The third-order valence-corrected chi connectivity index (χ3v) is 3.36. The van der Waals surface area contributed by atoms with Crippen molar-refractivity contribution in [3.05, 3.63) is 41.8 Å². The maximum Gasteiger partial charge on any atom is 0.307 e. The minimum atomic E-state index is -0.266. The van der Waals surface area contributed by atoms with Crippen molar-refractivity contribution in [1.29, 1.82) is 0 Å². The summed E-state index contributed by atoms with van der Waals surface area (Å²) in [4.78, 5) is 19.6. The van der Waals surface area contributed by atoms with Gasteiger partial charge in [-0.2, -0.15) is 0 Å². The Labute approximate surface area is 164 Å². The highest BCUT2D eigenvalue weighted by atomic mass is 127. The number of carbonyl (C=O) groups is 1. The molecule has 0 aliphatic rings. The van der Waals surface area contributed by atoms with Crippen molar-refractivity contribution in [2.75, 3.05) is 20.7 Å². The van der Waals surface area contributed by atoms with Gasteiger partial charge in [-0.25, -0.2) is 4.98 Å². The number of nitrogens with one attached hydrogen (secondary N) is 2. The van der Waals surface area contributed by atoms with Crippen LogP contribution in [0.15, 0.2) is 39.9 Å². The Bertz CT molecular complexity index is 698. The van der Waals surface area contributed by atoms with Crippen LogP contribution in [0, 0.1) is 6.92 Å². The van der Waals surface area contributed by atoms with Crippen LogP contribution < -0.4 is 10.6 Å². The van der Waals surface area contributed by atoms with E-state index in [0.29, 0.717) is 24.9 Å². The van der Waals surface area contributed by atoms with E-state index in [9.17, 15) is 4.79 Å². The largest absolute Gasteiger partial charge is 0.469 e. The molecule has 2 rings (SSSR count). The van der Waals surface area contributed by atoms with Gasteiger partial charge >= 0.3 is 5.97 Å². The second-order valence-electron chi connectivity index (χ2n) is 5.19. The van der Waals surface area contributed by atoms with E-state index in [1.54, 1.807) is 13.3 Å². The first-order valence-corrected chi connectivity index (χ1v) is 7.65. The van der Waals surface area contributed by atoms with Gasteiger partial charge in [-0.1, -0.05) is 17.7 Å². The van der Waals surface area contributed by atoms with Gasteiger partial charge in [0.15, 0.2) is 5.96 Å². The van der Waals surface area contributed by atoms with Crippen molar-refractivity contribution in [2.24, 2.45) is 4.99 Å². The molecule has 136 valence electrons. The number of benzene rings is 1. The fourth-order valence-corrected chi connectivity index (χ4v) is 2.00. The summed E-state index contributed by atoms with van der Waals surface area (Å²) in [5.74, 6) is 0.899. The van der Waals surface area contributed by atoms with Gasteiger partial charge in [0.05, 0.1) is 25.8 Å². The molecule has 0 unspecified atom stereocenters. The number of hydrogen-bond acceptors (Lipinski definition) is 5. The summed E-state index contributed by atoms with van der Waals surface area (Å²) in [6.45, 7) is 2.94. The predicted octanol–water partition coefficient (Wildman–Crippen LogP) is 2.50. The predicted molar refractivity (Wildman–Crippen MR) is 107 cm³/mol. The second kappa shape index (κ2) is 10.7. The number of esters is 1. The van der Waals surface area contributed by atoms with Gasteiger partial charge < -0.3 is 19.8 Å². The normalized spacial score (nSPS) is 10.8. The van der Waals surface area contributed by atoms with Crippen LogP contribution in [0.25, 0.3) is 11.5 Å². The van der Waals surface area contributed by atoms with Crippen molar-refractivity contribution in [3.8, 4) is 11.5 Å². The molecule has 1 heterocycles. The molecule has 25 heavy (non-hydrogen) atoms. The minimum Gasteiger partial charge on any atom is -0.469 e. The monoisotopic (exact) mass is 458 g/mol. The molecule has 0 spiro atoms. The highest BCUT2D eigenvalue weighted by Crippen LogP contribution is 2.18. The van der Waals surface area contributed by atoms with Crippen LogP contribution in [-0.4, -0.2) is 37.6 Å². The van der Waals surface area contributed by atoms with Gasteiger partial charge in [-0.15, -0.1) is 24.0 Å². The molecule has 0 atom stereocenters. The van der Waals surface area contributed by atoms with Gasteiger partial charge in [0.25, 0.3) is 0 Å². The van der Waals surface area contributed by atoms with Gasteiger partial charge in [0.1, 0.15) is 6.26 Å². The first-order chi connectivity index (χ1) is 11.6. The zero-order valence-corrected chi connectivity index (χ0v) is 16.9. The molecule has 2 N–H and O–H groups in total. The molecule has 0 saturated carbocycles. The number of nitrogens with zero attached hydrogens (tertiary/aromatic N) is 2. The summed E-state index contributed by atoms with van der Waals surface area (Å²) >= 11 is 0. The lowest BCUT2D eigenvalue weighted by molar-refractivity contribution is -0.140. The molecule has 7 nitrogen and oxygen atoms in total. The summed E-state index contributed by atoms with van der Waals surface area (Å²) in [5.41, 5.74) is 2.89. The molecule has 1 aromatic carbocycles. The summed E-state index contributed by atoms with van der Waals surface area (Å²) < 4.78 is 10.1. The van der Waals surface area contributed by atoms with Crippen LogP contribution in [0.3, 0.4) is 0 Å². The summed E-state index contributed by atoms with van der Waals surface area (Å²) in [7, 11) is 3.03. The summed E-state index contributed by atoms with van der Waals surface area (Å²) in [6, 6.07) is 7.99. The molecule has 8 heteroatoms. The van der Waals surface area contributed by atoms with E-state index in [1.165, 1.54) is 12.7 Å². The first-order valence-electron chi connectivity index (χ1n) is 7.65. The van der Waals surface area contributed by atoms with E-state index in [-0.39, 0.29) is 36.4 Å². The maximum atomic E-state index is 11.1. The van der Waals surface area contributed by atoms with Gasteiger partial charge in [-0.05, 0) is 19.1 Å². The Morgan fingerprint density at radius 3 is 2.64 bits per heavy atom. The van der Waals surface area contributed by atoms with E-state index in [4.69, 9.17) is 4.42 Å². The summed E-state index contributed by atoms with van der Waals surface area (Å²) in [5, 5.41) is 6.14. The standard InChI is InChI=1S/C17H22N4O3.HI/c1-12-4-6-13(7-5-12)16-21-14(11-24-16)10-20-17(18-2)19-9-8-15(22)23-3;/h4-7,11H,8-10H2,1-3H3,(H2,18,19,20);1H. The fraction of sp³-hybridized carbons (Fsp3) is 0.353. The van der Waals surface area contributed by atoms with Crippen LogP contribution in [-0.2, 0) is 16.1 Å². The van der Waals surface area contributed by atoms with Crippen molar-refractivity contribution in [1.82, 2.24) is 15.6 Å². The second-order valence-corrected chi connectivity index (χ2v) is 5.19. The lowest BCUT2D eigenvalue weighted by atomic mass is 10.1. The molecule has 0 saturated heterocycles. The van der Waals surface area contributed by atoms with Gasteiger partial charge in [0, 0.05) is 19.2 Å². The number of oxazole rings is 1. The molecule has 2 aromatic rings. The molecule has 0 fully saturated rings. The Kier molecular flexibility index (Phi) is 8.96. The number of aromatic nitrogens is 1. The van der Waals surface area contributed by atoms with E-state index in [1.807, 2.05) is 31.2 Å². The van der Waals surface area contributed by atoms with Crippen LogP contribution in [0.4, 0.5) is 0 Å². The highest BCUT2D eigenvalue weighted by molar-refractivity contribution is 14.0. The van der Waals surface area contributed by atoms with E-state index < -0.39 is 0 Å². The number of methoxy groups -OCH3 is 1. The highest BCUT2D eigenvalue weighted by Gasteiger charge is 2.07. The Morgan fingerprint density at radius 1 is 1.28 bits per heavy atom. The van der Waals surface area contributed by atoms with Crippen molar-refractivity contribution in [2.45, 2.75) is 19.9 Å². The quantitative estimate of drug-likeness (QED) is 0.299. The molecule has 0 bridgehead atoms. The zero-order chi connectivity index (χ0) is 17.4. The molecular weight excluding hydrogens is 435 g/mol. The molecule has 0 aliphatic heterocycles. The van der Waals surface area contributed by atoms with Crippen LogP contribution in [0.5, 0.6) is 0 Å². The topological polar surface area (TPSA) is 88.8 Å². The van der Waals surface area contributed by atoms with E-state index >= 15 is 0 Å². The third-order valence-electron chi connectivity index (χ3n) is 3.36. The zero-order valence-electron chi connectivity index (χ0n) is 14.5. The van der Waals surface area contributed by atoms with Crippen LogP contribution in [0.2, 0.25) is 0 Å². The number of rotatable bonds is 6. The van der Waals surface area contributed by atoms with Crippen molar-refractivity contribution < 1.29 is 13.9 Å². The molecular formula is C17H23IN4O3. The van der Waals surface area contributed by atoms with Crippen LogP contribution in [0.1, 0.15) is 17.7 Å². The van der Waals surface area contributed by atoms with E-state index in [2.05, 4.69) is 25.3 Å². The lowest BCUT2D eigenvalue weighted by Crippen LogP contribution is -2.38.